The van der Waals surface area contributed by atoms with Crippen molar-refractivity contribution >= 4 is 5.91 Å². The van der Waals surface area contributed by atoms with Crippen molar-refractivity contribution in [3.63, 3.8) is 0 Å². The van der Waals surface area contributed by atoms with Gasteiger partial charge in [0.2, 0.25) is 5.91 Å². The number of carbonyl (C=O) groups is 1. The fourth-order valence-electron chi connectivity index (χ4n) is 1.62. The highest BCUT2D eigenvalue weighted by atomic mass is 16.5. The second-order valence-corrected chi connectivity index (χ2v) is 4.03. The molecule has 3 heteroatoms. The van der Waals surface area contributed by atoms with E-state index in [1.165, 1.54) is 5.57 Å². The third kappa shape index (κ3) is 4.62. The molecule has 1 aliphatic rings. The average molecular weight is 223 g/mol. The minimum absolute atomic E-state index is 0.247. The molecule has 1 rings (SSSR count). The van der Waals surface area contributed by atoms with E-state index in [-0.39, 0.29) is 5.91 Å². The van der Waals surface area contributed by atoms with E-state index in [0.29, 0.717) is 19.6 Å². The minimum atomic E-state index is 0.247. The van der Waals surface area contributed by atoms with E-state index in [0.717, 1.165) is 19.5 Å². The molecule has 90 valence electrons. The average Bonchev–Trinajstić information content (AvgIpc) is 2.34. The molecule has 1 saturated heterocycles. The number of hydrogen-bond donors (Lipinski definition) is 0. The van der Waals surface area contributed by atoms with Gasteiger partial charge in [-0.1, -0.05) is 23.8 Å². The Morgan fingerprint density at radius 1 is 1.31 bits per heavy atom. The maximum atomic E-state index is 11.8. The molecule has 1 heterocycles. The van der Waals surface area contributed by atoms with Gasteiger partial charge in [0.05, 0.1) is 13.2 Å². The number of morpholine rings is 1. The lowest BCUT2D eigenvalue weighted by atomic mass is 10.1. The molecule has 0 aromatic heterocycles. The first kappa shape index (κ1) is 13.0. The van der Waals surface area contributed by atoms with Crippen LogP contribution in [-0.2, 0) is 9.53 Å². The highest BCUT2D eigenvalue weighted by Crippen LogP contribution is 2.08. The molecule has 16 heavy (non-hydrogen) atoms. The second kappa shape index (κ2) is 7.23. The van der Waals surface area contributed by atoms with E-state index < -0.39 is 0 Å². The van der Waals surface area contributed by atoms with Crippen molar-refractivity contribution in [2.24, 2.45) is 0 Å². The molecule has 0 N–H and O–H groups in total. The number of amides is 1. The number of hydrogen-bond acceptors (Lipinski definition) is 2. The summed E-state index contributed by atoms with van der Waals surface area (Å²) in [6.07, 6.45) is 7.52. The molecule has 0 bridgehead atoms. The molecular weight excluding hydrogens is 202 g/mol. The van der Waals surface area contributed by atoms with E-state index >= 15 is 0 Å². The van der Waals surface area contributed by atoms with Crippen LogP contribution in [0.4, 0.5) is 0 Å². The fourth-order valence-corrected chi connectivity index (χ4v) is 1.62. The molecule has 0 radical (unpaired) electrons. The van der Waals surface area contributed by atoms with E-state index in [2.05, 4.69) is 13.0 Å². The van der Waals surface area contributed by atoms with Crippen molar-refractivity contribution in [2.75, 3.05) is 26.3 Å². The van der Waals surface area contributed by atoms with Crippen LogP contribution >= 0.6 is 0 Å². The first-order valence-electron chi connectivity index (χ1n) is 5.88. The number of rotatable bonds is 4. The Morgan fingerprint density at radius 3 is 2.62 bits per heavy atom. The third-order valence-electron chi connectivity index (χ3n) is 2.67. The summed E-state index contributed by atoms with van der Waals surface area (Å²) in [6, 6.07) is 0. The predicted octanol–water partition coefficient (Wildman–Crippen LogP) is 2.15. The van der Waals surface area contributed by atoms with Crippen LogP contribution in [0, 0.1) is 0 Å². The van der Waals surface area contributed by atoms with E-state index in [4.69, 9.17) is 4.74 Å². The summed E-state index contributed by atoms with van der Waals surface area (Å²) in [6.45, 7) is 6.90. The summed E-state index contributed by atoms with van der Waals surface area (Å²) < 4.78 is 5.21. The lowest BCUT2D eigenvalue weighted by Crippen LogP contribution is -2.40. The summed E-state index contributed by atoms with van der Waals surface area (Å²) in [7, 11) is 0. The SMILES string of the molecule is C/C=C\C=C(/C)CCC(=O)N1CCOCC1. The maximum Gasteiger partial charge on any atom is 0.223 e. The lowest BCUT2D eigenvalue weighted by Gasteiger charge is -2.26. The monoisotopic (exact) mass is 223 g/mol. The summed E-state index contributed by atoms with van der Waals surface area (Å²) in [5.74, 6) is 0.247. The Morgan fingerprint density at radius 2 is 2.00 bits per heavy atom. The molecule has 1 aliphatic heterocycles. The predicted molar refractivity (Wildman–Crippen MR) is 65.2 cm³/mol. The Bertz CT molecular complexity index is 276. The summed E-state index contributed by atoms with van der Waals surface area (Å²) >= 11 is 0. The first-order chi connectivity index (χ1) is 7.74. The summed E-state index contributed by atoms with van der Waals surface area (Å²) in [5.41, 5.74) is 1.25. The van der Waals surface area contributed by atoms with Crippen LogP contribution in [0.1, 0.15) is 26.7 Å². The molecular formula is C13H21NO2. The highest BCUT2D eigenvalue weighted by Gasteiger charge is 2.15. The zero-order chi connectivity index (χ0) is 11.8. The fraction of sp³-hybridized carbons (Fsp3) is 0.615. The van der Waals surface area contributed by atoms with Gasteiger partial charge in [0.25, 0.3) is 0 Å². The first-order valence-corrected chi connectivity index (χ1v) is 5.88. The number of carbonyl (C=O) groups excluding carboxylic acids is 1. The number of allylic oxidation sites excluding steroid dienone is 4. The molecule has 0 saturated carbocycles. The van der Waals surface area contributed by atoms with Crippen molar-refractivity contribution in [3.05, 3.63) is 23.8 Å². The van der Waals surface area contributed by atoms with Crippen LogP contribution < -0.4 is 0 Å². The van der Waals surface area contributed by atoms with Crippen LogP contribution in [0.2, 0.25) is 0 Å². The second-order valence-electron chi connectivity index (χ2n) is 4.03. The number of nitrogens with zero attached hydrogens (tertiary/aromatic N) is 1. The molecule has 0 spiro atoms. The zero-order valence-corrected chi connectivity index (χ0v) is 10.2. The Hall–Kier alpha value is -1.09. The van der Waals surface area contributed by atoms with Gasteiger partial charge in [-0.15, -0.1) is 0 Å². The topological polar surface area (TPSA) is 29.5 Å². The minimum Gasteiger partial charge on any atom is -0.378 e. The molecule has 0 unspecified atom stereocenters. The van der Waals surface area contributed by atoms with Crippen molar-refractivity contribution in [1.82, 2.24) is 4.90 Å². The molecule has 0 atom stereocenters. The van der Waals surface area contributed by atoms with Gasteiger partial charge >= 0.3 is 0 Å². The Labute approximate surface area is 97.8 Å². The Balaban J connectivity index is 2.28. The number of ether oxygens (including phenoxy) is 1. The van der Waals surface area contributed by atoms with Crippen LogP contribution in [0.15, 0.2) is 23.8 Å². The highest BCUT2D eigenvalue weighted by molar-refractivity contribution is 5.76. The quantitative estimate of drug-likeness (QED) is 0.683. The standard InChI is InChI=1S/C13H21NO2/c1-3-4-5-12(2)6-7-13(15)14-8-10-16-11-9-14/h3-5H,6-11H2,1-2H3/b4-3-,12-5+. The summed E-state index contributed by atoms with van der Waals surface area (Å²) in [5, 5.41) is 0. The van der Waals surface area contributed by atoms with Gasteiger partial charge in [0.15, 0.2) is 0 Å². The van der Waals surface area contributed by atoms with Crippen LogP contribution in [-0.4, -0.2) is 37.1 Å². The summed E-state index contributed by atoms with van der Waals surface area (Å²) in [4.78, 5) is 13.7. The van der Waals surface area contributed by atoms with Gasteiger partial charge in [0.1, 0.15) is 0 Å². The smallest absolute Gasteiger partial charge is 0.223 e. The molecule has 3 nitrogen and oxygen atoms in total. The normalized spacial score (nSPS) is 18.1. The molecule has 0 aliphatic carbocycles. The van der Waals surface area contributed by atoms with Gasteiger partial charge < -0.3 is 9.64 Å². The third-order valence-corrected chi connectivity index (χ3v) is 2.67. The van der Waals surface area contributed by atoms with Crippen LogP contribution in [0.25, 0.3) is 0 Å². The van der Waals surface area contributed by atoms with Crippen molar-refractivity contribution in [1.29, 1.82) is 0 Å². The van der Waals surface area contributed by atoms with Gasteiger partial charge in [-0.05, 0) is 20.3 Å². The Kier molecular flexibility index (Phi) is 5.86. The van der Waals surface area contributed by atoms with Crippen molar-refractivity contribution in [2.45, 2.75) is 26.7 Å². The van der Waals surface area contributed by atoms with Crippen molar-refractivity contribution < 1.29 is 9.53 Å². The molecule has 1 amide bonds. The van der Waals surface area contributed by atoms with E-state index in [1.807, 2.05) is 24.0 Å². The van der Waals surface area contributed by atoms with Crippen LogP contribution in [0.5, 0.6) is 0 Å². The molecule has 0 aromatic rings. The molecule has 0 aromatic carbocycles. The van der Waals surface area contributed by atoms with Crippen molar-refractivity contribution in [3.8, 4) is 0 Å². The van der Waals surface area contributed by atoms with Gasteiger partial charge in [-0.3, -0.25) is 4.79 Å². The largest absolute Gasteiger partial charge is 0.378 e. The van der Waals surface area contributed by atoms with Gasteiger partial charge in [0, 0.05) is 19.5 Å². The van der Waals surface area contributed by atoms with Gasteiger partial charge in [-0.25, -0.2) is 0 Å². The molecule has 1 fully saturated rings. The van der Waals surface area contributed by atoms with Gasteiger partial charge in [-0.2, -0.15) is 0 Å². The maximum absolute atomic E-state index is 11.8. The van der Waals surface area contributed by atoms with Crippen LogP contribution in [0.3, 0.4) is 0 Å². The van der Waals surface area contributed by atoms with E-state index in [9.17, 15) is 4.79 Å². The zero-order valence-electron chi connectivity index (χ0n) is 10.2. The lowest BCUT2D eigenvalue weighted by molar-refractivity contribution is -0.135. The van der Waals surface area contributed by atoms with E-state index in [1.54, 1.807) is 0 Å².